The molecule has 0 saturated heterocycles. The predicted octanol–water partition coefficient (Wildman–Crippen LogP) is 4.80. The van der Waals surface area contributed by atoms with Gasteiger partial charge < -0.3 is 9.84 Å². The number of Topliss-reactive ketones (excluding diaryl/α,β-unsaturated/α-hetero) is 1. The third-order valence-corrected chi connectivity index (χ3v) is 4.62. The highest BCUT2D eigenvalue weighted by molar-refractivity contribution is 6.01. The standard InChI is InChI=1S/C23H27F2NO4.ClH/c1-3-9-26(10-4-2)11-12-30-23(29)19-13-17(6-8-21(19)27)22(28)14-16-5-7-18(24)15-20(16)25;/h5-8,13,15,27H,3-4,9-12,14H2,1-2H3;1H. The molecule has 0 aliphatic carbocycles. The van der Waals surface area contributed by atoms with Gasteiger partial charge in [-0.2, -0.15) is 0 Å². The van der Waals surface area contributed by atoms with Gasteiger partial charge in [0, 0.05) is 24.6 Å². The van der Waals surface area contributed by atoms with Crippen molar-refractivity contribution in [3.63, 3.8) is 0 Å². The van der Waals surface area contributed by atoms with Gasteiger partial charge in [-0.3, -0.25) is 9.69 Å². The summed E-state index contributed by atoms with van der Waals surface area (Å²) < 4.78 is 32.1. The van der Waals surface area contributed by atoms with Crippen LogP contribution in [0, 0.1) is 11.6 Å². The van der Waals surface area contributed by atoms with Crippen molar-refractivity contribution in [2.24, 2.45) is 0 Å². The molecule has 0 bridgehead atoms. The number of phenols is 1. The third-order valence-electron chi connectivity index (χ3n) is 4.62. The smallest absolute Gasteiger partial charge is 0.341 e. The van der Waals surface area contributed by atoms with Crippen LogP contribution in [0.3, 0.4) is 0 Å². The van der Waals surface area contributed by atoms with Crippen LogP contribution < -0.4 is 0 Å². The molecule has 0 unspecified atom stereocenters. The van der Waals surface area contributed by atoms with Gasteiger partial charge in [-0.1, -0.05) is 19.9 Å². The maximum Gasteiger partial charge on any atom is 0.341 e. The van der Waals surface area contributed by atoms with Crippen molar-refractivity contribution in [1.29, 1.82) is 0 Å². The van der Waals surface area contributed by atoms with E-state index in [4.69, 9.17) is 4.74 Å². The van der Waals surface area contributed by atoms with Gasteiger partial charge in [-0.05, 0) is 55.8 Å². The first kappa shape index (κ1) is 26.5. The average Bonchev–Trinajstić information content (AvgIpc) is 2.70. The van der Waals surface area contributed by atoms with Crippen LogP contribution in [0.2, 0.25) is 0 Å². The van der Waals surface area contributed by atoms with Gasteiger partial charge in [0.1, 0.15) is 29.6 Å². The van der Waals surface area contributed by atoms with Gasteiger partial charge in [0.2, 0.25) is 0 Å². The molecule has 5 nitrogen and oxygen atoms in total. The monoisotopic (exact) mass is 455 g/mol. The van der Waals surface area contributed by atoms with E-state index in [0.717, 1.165) is 32.0 Å². The molecular formula is C23H28ClF2NO4. The topological polar surface area (TPSA) is 66.8 Å². The molecule has 1 N–H and O–H groups in total. The number of nitrogens with zero attached hydrogens (tertiary/aromatic N) is 1. The third kappa shape index (κ3) is 7.92. The van der Waals surface area contributed by atoms with E-state index in [9.17, 15) is 23.5 Å². The summed E-state index contributed by atoms with van der Waals surface area (Å²) in [6, 6.07) is 6.80. The van der Waals surface area contributed by atoms with Crippen LogP contribution in [-0.2, 0) is 11.2 Å². The van der Waals surface area contributed by atoms with Gasteiger partial charge in [-0.25, -0.2) is 13.6 Å². The molecular weight excluding hydrogens is 428 g/mol. The summed E-state index contributed by atoms with van der Waals surface area (Å²) in [5.41, 5.74) is 0.0468. The van der Waals surface area contributed by atoms with Crippen molar-refractivity contribution in [3.05, 3.63) is 64.7 Å². The van der Waals surface area contributed by atoms with Gasteiger partial charge in [0.15, 0.2) is 5.78 Å². The highest BCUT2D eigenvalue weighted by Crippen LogP contribution is 2.21. The summed E-state index contributed by atoms with van der Waals surface area (Å²) in [6.07, 6.45) is 1.69. The van der Waals surface area contributed by atoms with Crippen LogP contribution in [0.25, 0.3) is 0 Å². The number of phenolic OH excluding ortho intramolecular Hbond substituents is 1. The summed E-state index contributed by atoms with van der Waals surface area (Å²) >= 11 is 0. The Bertz CT molecular complexity index is 886. The van der Waals surface area contributed by atoms with Crippen LogP contribution in [0.1, 0.15) is 53.0 Å². The molecule has 2 aromatic rings. The van der Waals surface area contributed by atoms with Gasteiger partial charge in [-0.15, -0.1) is 12.4 Å². The Morgan fingerprint density at radius 1 is 1.00 bits per heavy atom. The molecule has 2 aromatic carbocycles. The molecule has 0 fully saturated rings. The van der Waals surface area contributed by atoms with Crippen LogP contribution in [0.5, 0.6) is 5.75 Å². The van der Waals surface area contributed by atoms with Crippen molar-refractivity contribution >= 4 is 24.2 Å². The number of hydrogen-bond acceptors (Lipinski definition) is 5. The second-order valence-electron chi connectivity index (χ2n) is 7.05. The molecule has 8 heteroatoms. The lowest BCUT2D eigenvalue weighted by Crippen LogP contribution is -2.30. The molecule has 0 aliphatic heterocycles. The number of aromatic hydroxyl groups is 1. The number of halogens is 3. The highest BCUT2D eigenvalue weighted by atomic mass is 35.5. The first-order valence-electron chi connectivity index (χ1n) is 10.0. The zero-order valence-corrected chi connectivity index (χ0v) is 18.5. The lowest BCUT2D eigenvalue weighted by atomic mass is 10.0. The van der Waals surface area contributed by atoms with E-state index in [2.05, 4.69) is 18.7 Å². The lowest BCUT2D eigenvalue weighted by Gasteiger charge is -2.20. The summed E-state index contributed by atoms with van der Waals surface area (Å²) in [7, 11) is 0. The zero-order valence-electron chi connectivity index (χ0n) is 17.7. The number of carbonyl (C=O) groups excluding carboxylic acids is 2. The summed E-state index contributed by atoms with van der Waals surface area (Å²) in [5, 5.41) is 10.0. The lowest BCUT2D eigenvalue weighted by molar-refractivity contribution is 0.0458. The largest absolute Gasteiger partial charge is 0.507 e. The minimum atomic E-state index is -0.814. The maximum atomic E-state index is 13.8. The van der Waals surface area contributed by atoms with Crippen molar-refractivity contribution in [2.45, 2.75) is 33.1 Å². The molecule has 170 valence electrons. The van der Waals surface area contributed by atoms with Crippen LogP contribution in [0.4, 0.5) is 8.78 Å². The molecule has 0 radical (unpaired) electrons. The number of ether oxygens (including phenoxy) is 1. The Morgan fingerprint density at radius 2 is 1.68 bits per heavy atom. The number of hydrogen-bond donors (Lipinski definition) is 1. The number of carbonyl (C=O) groups is 2. The Hall–Kier alpha value is -2.51. The molecule has 0 aromatic heterocycles. The minimum Gasteiger partial charge on any atom is -0.507 e. The van der Waals surface area contributed by atoms with Crippen LogP contribution in [0.15, 0.2) is 36.4 Å². The quantitative estimate of drug-likeness (QED) is 0.389. The van der Waals surface area contributed by atoms with Crippen molar-refractivity contribution in [2.75, 3.05) is 26.2 Å². The Kier molecular flexibility index (Phi) is 11.1. The molecule has 0 amide bonds. The second-order valence-corrected chi connectivity index (χ2v) is 7.05. The van der Waals surface area contributed by atoms with Crippen molar-refractivity contribution < 1.29 is 28.2 Å². The summed E-state index contributed by atoms with van der Waals surface area (Å²) in [5.74, 6) is -3.04. The molecule has 2 rings (SSSR count). The highest BCUT2D eigenvalue weighted by Gasteiger charge is 2.18. The first-order chi connectivity index (χ1) is 14.3. The summed E-state index contributed by atoms with van der Waals surface area (Å²) in [6.45, 7) is 6.70. The van der Waals surface area contributed by atoms with Gasteiger partial charge in [0.25, 0.3) is 0 Å². The van der Waals surface area contributed by atoms with Crippen LogP contribution >= 0.6 is 12.4 Å². The van der Waals surface area contributed by atoms with E-state index in [1.54, 1.807) is 0 Å². The Balaban J connectivity index is 0.00000480. The van der Waals surface area contributed by atoms with Gasteiger partial charge >= 0.3 is 5.97 Å². The fourth-order valence-corrected chi connectivity index (χ4v) is 3.13. The van der Waals surface area contributed by atoms with Crippen LogP contribution in [-0.4, -0.2) is 48.0 Å². The molecule has 0 spiro atoms. The number of esters is 1. The fourth-order valence-electron chi connectivity index (χ4n) is 3.13. The van der Waals surface area contributed by atoms with Crippen molar-refractivity contribution in [1.82, 2.24) is 4.90 Å². The second kappa shape index (κ2) is 13.0. The maximum absolute atomic E-state index is 13.8. The number of rotatable bonds is 11. The average molecular weight is 456 g/mol. The first-order valence-corrected chi connectivity index (χ1v) is 10.0. The fraction of sp³-hybridized carbons (Fsp3) is 0.391. The predicted molar refractivity (Wildman–Crippen MR) is 117 cm³/mol. The Morgan fingerprint density at radius 3 is 2.29 bits per heavy atom. The summed E-state index contributed by atoms with van der Waals surface area (Å²) in [4.78, 5) is 27.0. The van der Waals surface area contributed by atoms with E-state index in [0.29, 0.717) is 12.6 Å². The van der Waals surface area contributed by atoms with Crippen molar-refractivity contribution in [3.8, 4) is 5.75 Å². The SMILES string of the molecule is CCCN(CCC)CCOC(=O)c1cc(C(=O)Cc2ccc(F)cc2F)ccc1O.Cl. The van der Waals surface area contributed by atoms with Gasteiger partial charge in [0.05, 0.1) is 0 Å². The van der Waals surface area contributed by atoms with E-state index < -0.39 is 23.4 Å². The van der Waals surface area contributed by atoms with E-state index >= 15 is 0 Å². The molecule has 0 atom stereocenters. The molecule has 31 heavy (non-hydrogen) atoms. The normalized spacial score (nSPS) is 10.6. The molecule has 0 saturated carbocycles. The molecule has 0 aliphatic rings. The molecule has 0 heterocycles. The van der Waals surface area contributed by atoms with E-state index in [1.165, 1.54) is 24.3 Å². The number of ketones is 1. The van der Waals surface area contributed by atoms with E-state index in [-0.39, 0.29) is 47.9 Å². The Labute approximate surface area is 187 Å². The van der Waals surface area contributed by atoms with E-state index in [1.807, 2.05) is 0 Å². The minimum absolute atomic E-state index is 0. The number of benzene rings is 2. The zero-order chi connectivity index (χ0) is 22.1.